The monoisotopic (exact) mass is 848 g/mol. The molecule has 9 rings (SSSR count). The number of fused-ring (bicyclic) bond motifs is 4. The quantitative estimate of drug-likeness (QED) is 0.167. The molecule has 0 amide bonds. The van der Waals surface area contributed by atoms with Gasteiger partial charge in [0.1, 0.15) is 29.8 Å². The molecule has 326 valence electrons. The fourth-order valence-corrected chi connectivity index (χ4v) is 9.01. The van der Waals surface area contributed by atoms with Gasteiger partial charge in [-0.2, -0.15) is 0 Å². The van der Waals surface area contributed by atoms with Gasteiger partial charge in [-0.15, -0.1) is 0 Å². The van der Waals surface area contributed by atoms with E-state index in [0.717, 1.165) is 50.2 Å². The molecule has 0 unspecified atom stereocenters. The van der Waals surface area contributed by atoms with Crippen LogP contribution in [0.15, 0.2) is 140 Å². The zero-order valence-electron chi connectivity index (χ0n) is 39.6. The Morgan fingerprint density at radius 3 is 1.81 bits per heavy atom. The van der Waals surface area contributed by atoms with Gasteiger partial charge in [0.05, 0.1) is 22.4 Å². The van der Waals surface area contributed by atoms with Gasteiger partial charge in [-0.1, -0.05) is 132 Å². The maximum atomic E-state index is 15.0. The molecule has 0 N–H and O–H groups in total. The van der Waals surface area contributed by atoms with Crippen molar-refractivity contribution in [3.05, 3.63) is 168 Å². The minimum absolute atomic E-state index is 0.0116. The summed E-state index contributed by atoms with van der Waals surface area (Å²) in [5, 5.41) is 1.75. The van der Waals surface area contributed by atoms with Gasteiger partial charge in [-0.05, 0) is 122 Å². The van der Waals surface area contributed by atoms with Crippen LogP contribution >= 0.6 is 0 Å². The summed E-state index contributed by atoms with van der Waals surface area (Å²) in [6.45, 7) is 27.7. The summed E-state index contributed by atoms with van der Waals surface area (Å²) in [5.41, 5.74) is 13.5. The molecule has 1 aliphatic heterocycles. The van der Waals surface area contributed by atoms with E-state index in [1.165, 1.54) is 45.4 Å². The van der Waals surface area contributed by atoms with E-state index in [-0.39, 0.29) is 27.5 Å². The number of benzene rings is 6. The number of nitrogens with zero attached hydrogens (tertiary/aromatic N) is 4. The number of ether oxygens (including phenoxy) is 1. The largest absolute Gasteiger partial charge is 0.457 e. The van der Waals surface area contributed by atoms with Crippen LogP contribution in [0.2, 0.25) is 0 Å². The second-order valence-electron chi connectivity index (χ2n) is 21.7. The van der Waals surface area contributed by atoms with Crippen LogP contribution in [0.5, 0.6) is 11.5 Å². The average molecular weight is 849 g/mol. The Bertz CT molecular complexity index is 3060. The van der Waals surface area contributed by atoms with Crippen LogP contribution in [0.4, 0.5) is 27.1 Å². The molecule has 8 aromatic rings. The fraction of sp³-hybridized carbons (Fsp3) is 0.293. The molecule has 0 fully saturated rings. The van der Waals surface area contributed by atoms with Crippen molar-refractivity contribution in [3.63, 3.8) is 0 Å². The summed E-state index contributed by atoms with van der Waals surface area (Å²) < 4.78 is 23.9. The molecule has 0 atom stereocenters. The van der Waals surface area contributed by atoms with Crippen LogP contribution in [0.3, 0.4) is 0 Å². The summed E-state index contributed by atoms with van der Waals surface area (Å²) in [5.74, 6) is 1.89. The van der Waals surface area contributed by atoms with Crippen molar-refractivity contribution in [1.29, 1.82) is 0 Å². The van der Waals surface area contributed by atoms with E-state index in [1.54, 1.807) is 6.07 Å². The van der Waals surface area contributed by atoms with Gasteiger partial charge in [-0.3, -0.25) is 4.57 Å². The molecule has 0 radical (unpaired) electrons. The average Bonchev–Trinajstić information content (AvgIpc) is 3.78. The Morgan fingerprint density at radius 1 is 0.500 bits per heavy atom. The predicted octanol–water partition coefficient (Wildman–Crippen LogP) is 16.2. The lowest BCUT2D eigenvalue weighted by molar-refractivity contribution is 0.483. The number of aromatic nitrogens is 2. The Labute approximate surface area is 379 Å². The Hall–Kier alpha value is -6.40. The molecule has 5 nitrogen and oxygen atoms in total. The molecule has 64 heavy (non-hydrogen) atoms. The zero-order valence-corrected chi connectivity index (χ0v) is 39.6. The van der Waals surface area contributed by atoms with Crippen molar-refractivity contribution in [2.45, 2.75) is 105 Å². The van der Waals surface area contributed by atoms with Crippen molar-refractivity contribution < 1.29 is 9.13 Å². The van der Waals surface area contributed by atoms with Crippen LogP contribution in [0.25, 0.3) is 38.8 Å². The smallest absolute Gasteiger partial charge is 0.137 e. The minimum atomic E-state index is -0.278. The lowest BCUT2D eigenvalue weighted by Crippen LogP contribution is -2.24. The Morgan fingerprint density at radius 2 is 1.12 bits per heavy atom. The minimum Gasteiger partial charge on any atom is -0.457 e. The lowest BCUT2D eigenvalue weighted by Gasteiger charge is -2.25. The van der Waals surface area contributed by atoms with Gasteiger partial charge in [0.2, 0.25) is 0 Å². The topological polar surface area (TPSA) is 33.5 Å². The normalized spacial score (nSPS) is 13.6. The second kappa shape index (κ2) is 15.4. The van der Waals surface area contributed by atoms with Crippen molar-refractivity contribution in [1.82, 2.24) is 9.55 Å². The van der Waals surface area contributed by atoms with Gasteiger partial charge in [0, 0.05) is 46.0 Å². The third-order valence-corrected chi connectivity index (χ3v) is 12.8. The fourth-order valence-electron chi connectivity index (χ4n) is 9.01. The zero-order chi connectivity index (χ0) is 45.5. The van der Waals surface area contributed by atoms with E-state index in [9.17, 15) is 4.39 Å². The van der Waals surface area contributed by atoms with Gasteiger partial charge in [0.15, 0.2) is 0 Å². The molecule has 0 spiro atoms. The molecule has 0 aliphatic carbocycles. The van der Waals surface area contributed by atoms with Gasteiger partial charge < -0.3 is 14.5 Å². The van der Waals surface area contributed by atoms with E-state index in [0.29, 0.717) is 12.4 Å². The number of pyridine rings is 1. The molecular weight excluding hydrogens is 788 g/mol. The maximum Gasteiger partial charge on any atom is 0.137 e. The van der Waals surface area contributed by atoms with Crippen molar-refractivity contribution in [3.8, 4) is 28.4 Å². The summed E-state index contributed by atoms with van der Waals surface area (Å²) in [6, 6.07) is 46.3. The molecule has 2 aromatic heterocycles. The van der Waals surface area contributed by atoms with Crippen LogP contribution in [-0.4, -0.2) is 16.2 Å². The number of hydrogen-bond acceptors (Lipinski definition) is 4. The molecule has 0 bridgehead atoms. The molecule has 0 saturated carbocycles. The van der Waals surface area contributed by atoms with E-state index >= 15 is 0 Å². The van der Waals surface area contributed by atoms with E-state index < -0.39 is 0 Å². The molecule has 6 aromatic carbocycles. The van der Waals surface area contributed by atoms with Crippen molar-refractivity contribution >= 4 is 44.6 Å². The first-order valence-electron chi connectivity index (χ1n) is 22.6. The third-order valence-electron chi connectivity index (χ3n) is 12.8. The van der Waals surface area contributed by atoms with Gasteiger partial charge in [0.25, 0.3) is 0 Å². The molecular formula is C58H61FN4O. The van der Waals surface area contributed by atoms with Crippen LogP contribution in [-0.2, 0) is 21.7 Å². The van der Waals surface area contributed by atoms with Crippen molar-refractivity contribution in [2.75, 3.05) is 16.5 Å². The summed E-state index contributed by atoms with van der Waals surface area (Å²) in [4.78, 5) is 9.94. The summed E-state index contributed by atoms with van der Waals surface area (Å²) >= 11 is 0. The van der Waals surface area contributed by atoms with E-state index in [1.807, 2.05) is 30.5 Å². The molecule has 3 heterocycles. The molecule has 1 aliphatic rings. The highest BCUT2D eigenvalue weighted by Gasteiger charge is 2.31. The highest BCUT2D eigenvalue weighted by Crippen LogP contribution is 2.47. The first-order chi connectivity index (χ1) is 30.1. The van der Waals surface area contributed by atoms with Gasteiger partial charge >= 0.3 is 0 Å². The molecule has 0 saturated heterocycles. The predicted molar refractivity (Wildman–Crippen MR) is 267 cm³/mol. The number of halogens is 1. The van der Waals surface area contributed by atoms with Crippen LogP contribution in [0.1, 0.15) is 105 Å². The standard InChI is InChI=1S/C58H61FN4O/c1-55(2,3)38-21-19-37(20-22-38)48-35-60-54(34-49(48)58(10,11)12)63-50-28-24-41(59)31-47(50)46-26-25-45(33-52(46)63)64-44-18-14-17-43(32-44)62-36-61(42-16-13-15-39(29-42)56(4,5)6)51-27-23-40(30-53(51)62)57(7,8)9/h13-35H,36H2,1-12H3. The Balaban J connectivity index is 1.10. The highest BCUT2D eigenvalue weighted by atomic mass is 19.1. The summed E-state index contributed by atoms with van der Waals surface area (Å²) in [7, 11) is 0. The first-order valence-corrected chi connectivity index (χ1v) is 22.6. The number of anilines is 4. The third kappa shape index (κ3) is 8.04. The summed E-state index contributed by atoms with van der Waals surface area (Å²) in [6.07, 6.45) is 2.00. The lowest BCUT2D eigenvalue weighted by atomic mass is 9.81. The molecule has 6 heteroatoms. The highest BCUT2D eigenvalue weighted by molar-refractivity contribution is 6.09. The number of hydrogen-bond donors (Lipinski definition) is 0. The van der Waals surface area contributed by atoms with Crippen molar-refractivity contribution in [2.24, 2.45) is 0 Å². The van der Waals surface area contributed by atoms with Gasteiger partial charge in [-0.25, -0.2) is 9.37 Å². The van der Waals surface area contributed by atoms with E-state index in [2.05, 4.69) is 195 Å². The Kier molecular flexibility index (Phi) is 10.3. The SMILES string of the molecule is CC(C)(C)c1ccc(-c2cnc(-n3c4ccc(F)cc4c4ccc(Oc5cccc(N6CN(c7cccc(C(C)(C)C)c7)c7ccc(C(C)(C)C)cc76)c5)cc43)cc2C(C)(C)C)cc1. The van der Waals surface area contributed by atoms with Crippen LogP contribution < -0.4 is 14.5 Å². The maximum absolute atomic E-state index is 15.0. The first kappa shape index (κ1) is 42.9. The number of rotatable bonds is 6. The van der Waals surface area contributed by atoms with E-state index in [4.69, 9.17) is 9.72 Å². The second-order valence-corrected chi connectivity index (χ2v) is 21.7. The van der Waals surface area contributed by atoms with Crippen LogP contribution in [0, 0.1) is 5.82 Å².